The van der Waals surface area contributed by atoms with Crippen LogP contribution in [0.15, 0.2) is 24.3 Å². The maximum absolute atomic E-state index is 12.2. The van der Waals surface area contributed by atoms with Crippen LogP contribution in [-0.2, 0) is 16.1 Å². The summed E-state index contributed by atoms with van der Waals surface area (Å²) < 4.78 is 5.99. The van der Waals surface area contributed by atoms with Crippen LogP contribution in [0.1, 0.15) is 58.4 Å². The predicted octanol–water partition coefficient (Wildman–Crippen LogP) is 4.27. The van der Waals surface area contributed by atoms with Crippen LogP contribution < -0.4 is 11.1 Å². The van der Waals surface area contributed by atoms with Crippen molar-refractivity contribution in [2.24, 2.45) is 11.1 Å². The molecule has 3 N–H and O–H groups in total. The minimum atomic E-state index is -0.537. The molecule has 0 aromatic heterocycles. The molecule has 1 aromatic carbocycles. The summed E-state index contributed by atoms with van der Waals surface area (Å²) in [5.41, 5.74) is 7.60. The number of carbonyl (C=O) groups excluding carboxylic acids is 1. The second-order valence-corrected chi connectivity index (χ2v) is 7.60. The Hall–Kier alpha value is -1.10. The summed E-state index contributed by atoms with van der Waals surface area (Å²) in [5.74, 6) is -0.150. The van der Waals surface area contributed by atoms with Crippen molar-refractivity contribution in [3.05, 3.63) is 29.8 Å². The first-order valence-electron chi connectivity index (χ1n) is 8.63. The van der Waals surface area contributed by atoms with Gasteiger partial charge in [0.25, 0.3) is 0 Å². The zero-order chi connectivity index (χ0) is 16.9. The quantitative estimate of drug-likeness (QED) is 0.829. The largest absolute Gasteiger partial charge is 0.374 e. The fraction of sp³-hybridized carbons (Fsp3) is 0.632. The molecule has 24 heavy (non-hydrogen) atoms. The lowest BCUT2D eigenvalue weighted by Crippen LogP contribution is -2.45. The van der Waals surface area contributed by atoms with Crippen LogP contribution >= 0.6 is 12.4 Å². The lowest BCUT2D eigenvalue weighted by atomic mass is 9.87. The zero-order valence-electron chi connectivity index (χ0n) is 15.0. The summed E-state index contributed by atoms with van der Waals surface area (Å²) in [6.07, 6.45) is 6.58. The first-order valence-corrected chi connectivity index (χ1v) is 8.63. The Morgan fingerprint density at radius 3 is 2.58 bits per heavy atom. The van der Waals surface area contributed by atoms with E-state index in [9.17, 15) is 4.79 Å². The Labute approximate surface area is 151 Å². The maximum Gasteiger partial charge on any atom is 0.241 e. The number of nitrogens with one attached hydrogen (secondary N) is 1. The van der Waals surface area contributed by atoms with Gasteiger partial charge in [-0.05, 0) is 36.0 Å². The highest BCUT2D eigenvalue weighted by Gasteiger charge is 2.27. The average Bonchev–Trinajstić information content (AvgIpc) is 2.52. The van der Waals surface area contributed by atoms with Gasteiger partial charge in [-0.15, -0.1) is 12.4 Å². The molecule has 1 aliphatic carbocycles. The molecule has 1 fully saturated rings. The van der Waals surface area contributed by atoms with E-state index in [-0.39, 0.29) is 23.7 Å². The molecule has 2 rings (SSSR count). The molecule has 1 aliphatic rings. The van der Waals surface area contributed by atoms with Gasteiger partial charge in [-0.1, -0.05) is 52.2 Å². The highest BCUT2D eigenvalue weighted by molar-refractivity contribution is 5.95. The van der Waals surface area contributed by atoms with Gasteiger partial charge in [0.15, 0.2) is 0 Å². The van der Waals surface area contributed by atoms with E-state index in [2.05, 4.69) is 5.32 Å². The Morgan fingerprint density at radius 1 is 1.29 bits per heavy atom. The number of hydrogen-bond acceptors (Lipinski definition) is 3. The van der Waals surface area contributed by atoms with E-state index in [1.807, 2.05) is 45.0 Å². The van der Waals surface area contributed by atoms with Crippen LogP contribution in [-0.4, -0.2) is 18.1 Å². The molecule has 1 amide bonds. The van der Waals surface area contributed by atoms with E-state index in [0.29, 0.717) is 12.7 Å². The smallest absolute Gasteiger partial charge is 0.241 e. The molecule has 4 nitrogen and oxygen atoms in total. The van der Waals surface area contributed by atoms with E-state index < -0.39 is 6.04 Å². The van der Waals surface area contributed by atoms with Crippen molar-refractivity contribution in [1.82, 2.24) is 0 Å². The molecule has 0 bridgehead atoms. The first kappa shape index (κ1) is 20.9. The summed E-state index contributed by atoms with van der Waals surface area (Å²) in [5, 5.41) is 2.91. The SMILES string of the molecule is CC(C)(C)[C@H](N)C(=O)Nc1cccc(COC2CCCCC2)c1.Cl. The predicted molar refractivity (Wildman–Crippen MR) is 101 cm³/mol. The maximum atomic E-state index is 12.2. The van der Waals surface area contributed by atoms with E-state index in [1.165, 1.54) is 19.3 Å². The van der Waals surface area contributed by atoms with Crippen molar-refractivity contribution >= 4 is 24.0 Å². The summed E-state index contributed by atoms with van der Waals surface area (Å²) in [6, 6.07) is 7.29. The van der Waals surface area contributed by atoms with E-state index in [0.717, 1.165) is 24.1 Å². The van der Waals surface area contributed by atoms with Gasteiger partial charge in [-0.3, -0.25) is 4.79 Å². The number of halogens is 1. The summed E-state index contributed by atoms with van der Waals surface area (Å²) >= 11 is 0. The van der Waals surface area contributed by atoms with Gasteiger partial charge in [-0.25, -0.2) is 0 Å². The number of hydrogen-bond donors (Lipinski definition) is 2. The Kier molecular flexibility index (Phi) is 8.20. The molecule has 1 saturated carbocycles. The van der Waals surface area contributed by atoms with Gasteiger partial charge in [0.2, 0.25) is 5.91 Å². The molecule has 5 heteroatoms. The molecule has 1 atom stereocenters. The van der Waals surface area contributed by atoms with Crippen LogP contribution in [0.5, 0.6) is 0 Å². The Balaban J connectivity index is 0.00000288. The summed E-state index contributed by atoms with van der Waals surface area (Å²) in [4.78, 5) is 12.2. The molecule has 0 spiro atoms. The zero-order valence-corrected chi connectivity index (χ0v) is 15.8. The van der Waals surface area contributed by atoms with Gasteiger partial charge >= 0.3 is 0 Å². The standard InChI is InChI=1S/C19H30N2O2.ClH/c1-19(2,3)17(20)18(22)21-15-9-7-8-14(12-15)13-23-16-10-5-4-6-11-16;/h7-9,12,16-17H,4-6,10-11,13,20H2,1-3H3,(H,21,22);1H/t17-;/m1./s1. The minimum Gasteiger partial charge on any atom is -0.374 e. The van der Waals surface area contributed by atoms with Crippen LogP contribution in [0.2, 0.25) is 0 Å². The molecular weight excluding hydrogens is 324 g/mol. The van der Waals surface area contributed by atoms with Crippen molar-refractivity contribution in [2.75, 3.05) is 5.32 Å². The second kappa shape index (κ2) is 9.40. The van der Waals surface area contributed by atoms with Gasteiger partial charge in [-0.2, -0.15) is 0 Å². The second-order valence-electron chi connectivity index (χ2n) is 7.60. The van der Waals surface area contributed by atoms with Gasteiger partial charge < -0.3 is 15.8 Å². The lowest BCUT2D eigenvalue weighted by molar-refractivity contribution is -0.119. The van der Waals surface area contributed by atoms with Gasteiger partial charge in [0.05, 0.1) is 18.8 Å². The van der Waals surface area contributed by atoms with E-state index in [4.69, 9.17) is 10.5 Å². The van der Waals surface area contributed by atoms with Gasteiger partial charge in [0, 0.05) is 5.69 Å². The molecular formula is C19H31ClN2O2. The van der Waals surface area contributed by atoms with Crippen molar-refractivity contribution < 1.29 is 9.53 Å². The molecule has 0 heterocycles. The highest BCUT2D eigenvalue weighted by Crippen LogP contribution is 2.22. The van der Waals surface area contributed by atoms with Crippen molar-refractivity contribution in [3.63, 3.8) is 0 Å². The van der Waals surface area contributed by atoms with Crippen LogP contribution in [0, 0.1) is 5.41 Å². The third-order valence-electron chi connectivity index (χ3n) is 4.45. The number of benzene rings is 1. The Morgan fingerprint density at radius 2 is 1.96 bits per heavy atom. The van der Waals surface area contributed by atoms with Crippen LogP contribution in [0.4, 0.5) is 5.69 Å². The number of anilines is 1. The molecule has 0 aliphatic heterocycles. The fourth-order valence-corrected chi connectivity index (χ4v) is 2.80. The topological polar surface area (TPSA) is 64.4 Å². The number of nitrogens with two attached hydrogens (primary N) is 1. The first-order chi connectivity index (χ1) is 10.9. The molecule has 0 radical (unpaired) electrons. The lowest BCUT2D eigenvalue weighted by Gasteiger charge is -2.26. The monoisotopic (exact) mass is 354 g/mol. The number of carbonyl (C=O) groups is 1. The van der Waals surface area contributed by atoms with E-state index in [1.54, 1.807) is 0 Å². The number of amides is 1. The highest BCUT2D eigenvalue weighted by atomic mass is 35.5. The normalized spacial score (nSPS) is 17.0. The summed E-state index contributed by atoms with van der Waals surface area (Å²) in [7, 11) is 0. The fourth-order valence-electron chi connectivity index (χ4n) is 2.80. The van der Waals surface area contributed by atoms with Crippen molar-refractivity contribution in [2.45, 2.75) is 71.6 Å². The van der Waals surface area contributed by atoms with E-state index >= 15 is 0 Å². The van der Waals surface area contributed by atoms with Crippen LogP contribution in [0.3, 0.4) is 0 Å². The average molecular weight is 355 g/mol. The number of ether oxygens (including phenoxy) is 1. The molecule has 0 unspecified atom stereocenters. The minimum absolute atomic E-state index is 0. The third kappa shape index (κ3) is 6.42. The van der Waals surface area contributed by atoms with Crippen molar-refractivity contribution in [1.29, 1.82) is 0 Å². The summed E-state index contributed by atoms with van der Waals surface area (Å²) in [6.45, 7) is 6.49. The molecule has 0 saturated heterocycles. The Bertz CT molecular complexity index is 522. The molecule has 1 aromatic rings. The molecule has 136 valence electrons. The van der Waals surface area contributed by atoms with Crippen LogP contribution in [0.25, 0.3) is 0 Å². The van der Waals surface area contributed by atoms with Crippen molar-refractivity contribution in [3.8, 4) is 0 Å². The number of rotatable bonds is 5. The van der Waals surface area contributed by atoms with Gasteiger partial charge in [0.1, 0.15) is 0 Å². The third-order valence-corrected chi connectivity index (χ3v) is 4.45.